The molecule has 1 heterocycles. The van der Waals surface area contributed by atoms with Crippen molar-refractivity contribution in [1.29, 1.82) is 0 Å². The van der Waals surface area contributed by atoms with E-state index in [1.807, 2.05) is 31.2 Å². The summed E-state index contributed by atoms with van der Waals surface area (Å²) in [6.45, 7) is 2.13. The number of primary amides is 1. The zero-order chi connectivity index (χ0) is 19.4. The quantitative estimate of drug-likeness (QED) is 0.813. The van der Waals surface area contributed by atoms with E-state index in [-0.39, 0.29) is 31.4 Å². The fraction of sp³-hybridized carbons (Fsp3) is 0.250. The smallest absolute Gasteiger partial charge is 0.262 e. The van der Waals surface area contributed by atoms with Gasteiger partial charge in [-0.05, 0) is 43.3 Å². The number of carbonyl (C=O) groups excluding carboxylic acids is 3. The van der Waals surface area contributed by atoms with Crippen LogP contribution in [0.25, 0.3) is 0 Å². The molecule has 0 radical (unpaired) electrons. The Morgan fingerprint density at radius 2 is 1.81 bits per heavy atom. The summed E-state index contributed by atoms with van der Waals surface area (Å²) >= 11 is 0. The summed E-state index contributed by atoms with van der Waals surface area (Å²) in [6, 6.07) is 14.3. The molecule has 0 spiro atoms. The Morgan fingerprint density at radius 3 is 2.41 bits per heavy atom. The number of carbonyl (C=O) groups is 3. The Balaban J connectivity index is 1.53. The van der Waals surface area contributed by atoms with Crippen LogP contribution in [0.3, 0.4) is 0 Å². The van der Waals surface area contributed by atoms with Crippen LogP contribution in [-0.2, 0) is 14.4 Å². The van der Waals surface area contributed by atoms with E-state index in [0.717, 1.165) is 5.56 Å². The Labute approximate surface area is 157 Å². The Kier molecular flexibility index (Phi) is 5.40. The molecule has 1 fully saturated rings. The Bertz CT molecular complexity index is 847. The molecule has 0 aliphatic carbocycles. The monoisotopic (exact) mass is 367 g/mol. The molecule has 7 nitrogen and oxygen atoms in total. The van der Waals surface area contributed by atoms with E-state index in [1.54, 1.807) is 24.3 Å². The zero-order valence-electron chi connectivity index (χ0n) is 15.0. The second-order valence-electron chi connectivity index (χ2n) is 6.50. The van der Waals surface area contributed by atoms with Gasteiger partial charge in [0.1, 0.15) is 5.75 Å². The minimum Gasteiger partial charge on any atom is -0.484 e. The summed E-state index contributed by atoms with van der Waals surface area (Å²) in [4.78, 5) is 36.8. The minimum atomic E-state index is -0.467. The average Bonchev–Trinajstić information content (AvgIpc) is 3.04. The van der Waals surface area contributed by atoms with Crippen molar-refractivity contribution in [3.8, 4) is 5.75 Å². The summed E-state index contributed by atoms with van der Waals surface area (Å²) in [6.07, 6.45) is 0.132. The number of rotatable bonds is 6. The van der Waals surface area contributed by atoms with Gasteiger partial charge in [0.05, 0.1) is 5.92 Å². The summed E-state index contributed by atoms with van der Waals surface area (Å²) < 4.78 is 5.48. The van der Waals surface area contributed by atoms with Gasteiger partial charge in [-0.2, -0.15) is 0 Å². The van der Waals surface area contributed by atoms with Crippen molar-refractivity contribution in [2.75, 3.05) is 23.4 Å². The number of nitrogens with one attached hydrogen (secondary N) is 1. The van der Waals surface area contributed by atoms with Crippen molar-refractivity contribution in [2.45, 2.75) is 13.3 Å². The molecular weight excluding hydrogens is 346 g/mol. The number of nitrogens with two attached hydrogens (primary N) is 1. The fourth-order valence-corrected chi connectivity index (χ4v) is 2.85. The number of hydrogen-bond donors (Lipinski definition) is 2. The van der Waals surface area contributed by atoms with E-state index in [2.05, 4.69) is 5.32 Å². The van der Waals surface area contributed by atoms with Crippen LogP contribution in [-0.4, -0.2) is 30.9 Å². The lowest BCUT2D eigenvalue weighted by molar-refractivity contribution is -0.123. The largest absolute Gasteiger partial charge is 0.484 e. The molecule has 7 heteroatoms. The molecule has 1 saturated heterocycles. The van der Waals surface area contributed by atoms with E-state index in [1.165, 1.54) is 4.90 Å². The highest BCUT2D eigenvalue weighted by Crippen LogP contribution is 2.26. The normalized spacial score (nSPS) is 16.3. The van der Waals surface area contributed by atoms with Crippen LogP contribution >= 0.6 is 0 Å². The maximum Gasteiger partial charge on any atom is 0.262 e. The van der Waals surface area contributed by atoms with Gasteiger partial charge in [-0.3, -0.25) is 14.4 Å². The number of nitrogens with zero attached hydrogens (tertiary/aromatic N) is 1. The predicted molar refractivity (Wildman–Crippen MR) is 101 cm³/mol. The standard InChI is InChI=1S/C20H21N3O4/c1-13-2-4-15(5-3-13)22-18(24)12-27-17-8-6-16(7-9-17)23-11-14(20(21)26)10-19(23)25/h2-9,14H,10-12H2,1H3,(H2,21,26)(H,22,24)/t14-/m0/s1. The van der Waals surface area contributed by atoms with Gasteiger partial charge in [0, 0.05) is 24.3 Å². The van der Waals surface area contributed by atoms with Gasteiger partial charge in [-0.1, -0.05) is 17.7 Å². The van der Waals surface area contributed by atoms with Crippen LogP contribution in [0.15, 0.2) is 48.5 Å². The van der Waals surface area contributed by atoms with Crippen molar-refractivity contribution in [2.24, 2.45) is 11.7 Å². The predicted octanol–water partition coefficient (Wildman–Crippen LogP) is 1.85. The molecule has 0 unspecified atom stereocenters. The SMILES string of the molecule is Cc1ccc(NC(=O)COc2ccc(N3C[C@@H](C(N)=O)CC3=O)cc2)cc1. The van der Waals surface area contributed by atoms with Gasteiger partial charge in [-0.15, -0.1) is 0 Å². The summed E-state index contributed by atoms with van der Waals surface area (Å²) in [5, 5.41) is 2.76. The maximum atomic E-state index is 12.0. The van der Waals surface area contributed by atoms with Crippen LogP contribution in [0, 0.1) is 12.8 Å². The minimum absolute atomic E-state index is 0.125. The number of hydrogen-bond acceptors (Lipinski definition) is 4. The third kappa shape index (κ3) is 4.63. The molecule has 2 aromatic carbocycles. The highest BCUT2D eigenvalue weighted by molar-refractivity contribution is 6.00. The van der Waals surface area contributed by atoms with E-state index in [0.29, 0.717) is 17.1 Å². The molecular formula is C20H21N3O4. The van der Waals surface area contributed by atoms with Gasteiger partial charge >= 0.3 is 0 Å². The lowest BCUT2D eigenvalue weighted by Gasteiger charge is -2.16. The lowest BCUT2D eigenvalue weighted by atomic mass is 10.1. The average molecular weight is 367 g/mol. The first-order chi connectivity index (χ1) is 12.9. The number of benzene rings is 2. The molecule has 1 aliphatic heterocycles. The van der Waals surface area contributed by atoms with E-state index in [9.17, 15) is 14.4 Å². The van der Waals surface area contributed by atoms with Crippen molar-refractivity contribution in [1.82, 2.24) is 0 Å². The summed E-state index contributed by atoms with van der Waals surface area (Å²) in [5.74, 6) is -0.813. The molecule has 27 heavy (non-hydrogen) atoms. The lowest BCUT2D eigenvalue weighted by Crippen LogP contribution is -2.28. The number of ether oxygens (including phenoxy) is 1. The van der Waals surface area contributed by atoms with Crippen LogP contribution in [0.5, 0.6) is 5.75 Å². The first kappa shape index (κ1) is 18.4. The summed E-state index contributed by atoms with van der Waals surface area (Å²) in [7, 11) is 0. The highest BCUT2D eigenvalue weighted by atomic mass is 16.5. The van der Waals surface area contributed by atoms with Crippen molar-refractivity contribution in [3.05, 3.63) is 54.1 Å². The van der Waals surface area contributed by atoms with Crippen molar-refractivity contribution < 1.29 is 19.1 Å². The highest BCUT2D eigenvalue weighted by Gasteiger charge is 2.33. The summed E-state index contributed by atoms with van der Waals surface area (Å²) in [5.41, 5.74) is 7.77. The third-order valence-corrected chi connectivity index (χ3v) is 4.38. The second kappa shape index (κ2) is 7.90. The fourth-order valence-electron chi connectivity index (χ4n) is 2.85. The van der Waals surface area contributed by atoms with Crippen molar-refractivity contribution >= 4 is 29.1 Å². The molecule has 2 aromatic rings. The van der Waals surface area contributed by atoms with E-state index < -0.39 is 11.8 Å². The third-order valence-electron chi connectivity index (χ3n) is 4.38. The van der Waals surface area contributed by atoms with E-state index >= 15 is 0 Å². The number of amides is 3. The van der Waals surface area contributed by atoms with Gasteiger partial charge in [0.15, 0.2) is 6.61 Å². The van der Waals surface area contributed by atoms with E-state index in [4.69, 9.17) is 10.5 Å². The van der Waals surface area contributed by atoms with Gasteiger partial charge in [0.25, 0.3) is 5.91 Å². The number of anilines is 2. The number of aryl methyl sites for hydroxylation is 1. The molecule has 0 bridgehead atoms. The van der Waals surface area contributed by atoms with Gasteiger partial charge < -0.3 is 20.7 Å². The van der Waals surface area contributed by atoms with Gasteiger partial charge in [0.2, 0.25) is 11.8 Å². The van der Waals surface area contributed by atoms with Crippen LogP contribution in [0.2, 0.25) is 0 Å². The molecule has 3 N–H and O–H groups in total. The van der Waals surface area contributed by atoms with Crippen LogP contribution in [0.1, 0.15) is 12.0 Å². The maximum absolute atomic E-state index is 12.0. The topological polar surface area (TPSA) is 102 Å². The Morgan fingerprint density at radius 1 is 1.15 bits per heavy atom. The molecule has 0 saturated carbocycles. The molecule has 1 atom stereocenters. The second-order valence-corrected chi connectivity index (χ2v) is 6.50. The van der Waals surface area contributed by atoms with Gasteiger partial charge in [-0.25, -0.2) is 0 Å². The first-order valence-electron chi connectivity index (χ1n) is 8.61. The molecule has 1 aliphatic rings. The molecule has 3 rings (SSSR count). The van der Waals surface area contributed by atoms with Crippen LogP contribution in [0.4, 0.5) is 11.4 Å². The first-order valence-corrected chi connectivity index (χ1v) is 8.61. The zero-order valence-corrected chi connectivity index (χ0v) is 15.0. The molecule has 3 amide bonds. The van der Waals surface area contributed by atoms with Crippen molar-refractivity contribution in [3.63, 3.8) is 0 Å². The molecule has 0 aromatic heterocycles. The molecule has 140 valence electrons. The Hall–Kier alpha value is -3.35. The van der Waals surface area contributed by atoms with Crippen LogP contribution < -0.4 is 20.7 Å².